The fourth-order valence-electron chi connectivity index (χ4n) is 2.39. The summed E-state index contributed by atoms with van der Waals surface area (Å²) in [6.45, 7) is 5.14. The van der Waals surface area contributed by atoms with E-state index in [0.29, 0.717) is 18.2 Å². The molecule has 2 rings (SSSR count). The van der Waals surface area contributed by atoms with Gasteiger partial charge in [-0.15, -0.1) is 0 Å². The molecule has 0 saturated carbocycles. The summed E-state index contributed by atoms with van der Waals surface area (Å²) in [5.74, 6) is 1.04. The highest BCUT2D eigenvalue weighted by Gasteiger charge is 2.26. The fraction of sp³-hybridized carbons (Fsp3) is 0.833. The van der Waals surface area contributed by atoms with Crippen LogP contribution in [0.2, 0.25) is 0 Å². The van der Waals surface area contributed by atoms with Crippen LogP contribution in [-0.4, -0.2) is 40.6 Å². The lowest BCUT2D eigenvalue weighted by molar-refractivity contribution is 0.0798. The normalized spacial score (nSPS) is 22.2. The average Bonchev–Trinajstić information content (AvgIpc) is 2.96. The number of hydrogen-bond donors (Lipinski definition) is 1. The van der Waals surface area contributed by atoms with Crippen LogP contribution in [0.5, 0.6) is 0 Å². The van der Waals surface area contributed by atoms with E-state index >= 15 is 0 Å². The van der Waals surface area contributed by atoms with Gasteiger partial charge < -0.3 is 10.1 Å². The zero-order valence-electron chi connectivity index (χ0n) is 10.9. The van der Waals surface area contributed by atoms with Gasteiger partial charge in [0.2, 0.25) is 0 Å². The van der Waals surface area contributed by atoms with E-state index in [4.69, 9.17) is 4.74 Å². The topological polar surface area (TPSA) is 52.0 Å². The summed E-state index contributed by atoms with van der Waals surface area (Å²) in [4.78, 5) is 4.35. The molecule has 0 bridgehead atoms. The Bertz CT molecular complexity index is 344. The number of ether oxygens (including phenoxy) is 1. The standard InChI is InChI=1S/C12H22N4O/c1-9(2)16-12(14-8-15-16)7-10(13-3)11-5-4-6-17-11/h8-11,13H,4-7H2,1-3H3. The second kappa shape index (κ2) is 5.60. The van der Waals surface area contributed by atoms with Gasteiger partial charge >= 0.3 is 0 Å². The van der Waals surface area contributed by atoms with Crippen molar-refractivity contribution in [1.82, 2.24) is 20.1 Å². The molecule has 1 aliphatic heterocycles. The van der Waals surface area contributed by atoms with E-state index in [-0.39, 0.29) is 0 Å². The zero-order chi connectivity index (χ0) is 12.3. The first-order valence-corrected chi connectivity index (χ1v) is 6.39. The van der Waals surface area contributed by atoms with Crippen LogP contribution in [0, 0.1) is 0 Å². The number of nitrogens with zero attached hydrogens (tertiary/aromatic N) is 3. The quantitative estimate of drug-likeness (QED) is 0.836. The molecule has 96 valence electrons. The molecule has 1 saturated heterocycles. The van der Waals surface area contributed by atoms with Gasteiger partial charge in [0.1, 0.15) is 12.2 Å². The highest BCUT2D eigenvalue weighted by molar-refractivity contribution is 4.94. The van der Waals surface area contributed by atoms with Crippen molar-refractivity contribution in [1.29, 1.82) is 0 Å². The van der Waals surface area contributed by atoms with E-state index in [9.17, 15) is 0 Å². The Kier molecular flexibility index (Phi) is 4.12. The van der Waals surface area contributed by atoms with Gasteiger partial charge in [-0.1, -0.05) is 0 Å². The zero-order valence-corrected chi connectivity index (χ0v) is 10.9. The lowest BCUT2D eigenvalue weighted by atomic mass is 10.0. The van der Waals surface area contributed by atoms with Crippen molar-refractivity contribution >= 4 is 0 Å². The third-order valence-electron chi connectivity index (χ3n) is 3.32. The largest absolute Gasteiger partial charge is 0.377 e. The van der Waals surface area contributed by atoms with Crippen molar-refractivity contribution in [2.75, 3.05) is 13.7 Å². The van der Waals surface area contributed by atoms with Gasteiger partial charge in [0.15, 0.2) is 0 Å². The van der Waals surface area contributed by atoms with E-state index in [0.717, 1.165) is 25.3 Å². The van der Waals surface area contributed by atoms with Gasteiger partial charge in [0.05, 0.1) is 6.10 Å². The summed E-state index contributed by atoms with van der Waals surface area (Å²) in [5, 5.41) is 7.61. The monoisotopic (exact) mass is 238 g/mol. The Morgan fingerprint density at radius 2 is 2.41 bits per heavy atom. The van der Waals surface area contributed by atoms with Gasteiger partial charge in [-0.25, -0.2) is 9.67 Å². The van der Waals surface area contributed by atoms with Crippen LogP contribution >= 0.6 is 0 Å². The second-order valence-corrected chi connectivity index (χ2v) is 4.87. The maximum absolute atomic E-state index is 5.74. The van der Waals surface area contributed by atoms with Gasteiger partial charge in [-0.05, 0) is 33.7 Å². The summed E-state index contributed by atoms with van der Waals surface area (Å²) >= 11 is 0. The highest BCUT2D eigenvalue weighted by atomic mass is 16.5. The predicted molar refractivity (Wildman–Crippen MR) is 65.9 cm³/mol. The summed E-state index contributed by atoms with van der Waals surface area (Å²) in [6, 6.07) is 0.689. The van der Waals surface area contributed by atoms with E-state index in [1.807, 2.05) is 11.7 Å². The molecule has 17 heavy (non-hydrogen) atoms. The lowest BCUT2D eigenvalue weighted by Gasteiger charge is -2.22. The summed E-state index contributed by atoms with van der Waals surface area (Å²) in [7, 11) is 1.99. The van der Waals surface area contributed by atoms with Crippen molar-refractivity contribution < 1.29 is 4.74 Å². The molecule has 5 heteroatoms. The average molecular weight is 238 g/mol. The van der Waals surface area contributed by atoms with Crippen LogP contribution in [0.4, 0.5) is 0 Å². The molecular weight excluding hydrogens is 216 g/mol. The molecule has 1 aromatic rings. The van der Waals surface area contributed by atoms with Gasteiger partial charge in [-0.2, -0.15) is 5.10 Å². The smallest absolute Gasteiger partial charge is 0.138 e. The molecule has 2 heterocycles. The molecule has 2 unspecified atom stereocenters. The molecule has 0 aliphatic carbocycles. The third-order valence-corrected chi connectivity index (χ3v) is 3.32. The summed E-state index contributed by atoms with van der Waals surface area (Å²) < 4.78 is 7.72. The Labute approximate surface area is 103 Å². The maximum Gasteiger partial charge on any atom is 0.138 e. The third kappa shape index (κ3) is 2.84. The first kappa shape index (κ1) is 12.5. The molecule has 0 radical (unpaired) electrons. The van der Waals surface area contributed by atoms with Crippen LogP contribution in [0.15, 0.2) is 6.33 Å². The lowest BCUT2D eigenvalue weighted by Crippen LogP contribution is -2.39. The predicted octanol–water partition coefficient (Wildman–Crippen LogP) is 1.17. The first-order chi connectivity index (χ1) is 8.22. The van der Waals surface area contributed by atoms with Crippen molar-refractivity contribution in [2.45, 2.75) is 51.3 Å². The first-order valence-electron chi connectivity index (χ1n) is 6.39. The van der Waals surface area contributed by atoms with Crippen molar-refractivity contribution in [2.24, 2.45) is 0 Å². The molecule has 0 spiro atoms. The molecule has 1 N–H and O–H groups in total. The Morgan fingerprint density at radius 1 is 1.59 bits per heavy atom. The molecule has 1 fully saturated rings. The molecular formula is C12H22N4O. The van der Waals surface area contributed by atoms with E-state index in [1.54, 1.807) is 6.33 Å². The van der Waals surface area contributed by atoms with E-state index in [2.05, 4.69) is 29.2 Å². The highest BCUT2D eigenvalue weighted by Crippen LogP contribution is 2.18. The van der Waals surface area contributed by atoms with Gasteiger partial charge in [0.25, 0.3) is 0 Å². The Morgan fingerprint density at radius 3 is 3.00 bits per heavy atom. The van der Waals surface area contributed by atoms with Crippen LogP contribution in [0.3, 0.4) is 0 Å². The van der Waals surface area contributed by atoms with Crippen molar-refractivity contribution in [3.8, 4) is 0 Å². The fourth-order valence-corrected chi connectivity index (χ4v) is 2.39. The molecule has 2 atom stereocenters. The number of likely N-dealkylation sites (N-methyl/N-ethyl adjacent to an activating group) is 1. The van der Waals surface area contributed by atoms with Crippen LogP contribution in [0.25, 0.3) is 0 Å². The summed E-state index contributed by atoms with van der Waals surface area (Å²) in [5.41, 5.74) is 0. The molecule has 0 amide bonds. The summed E-state index contributed by atoms with van der Waals surface area (Å²) in [6.07, 6.45) is 5.13. The van der Waals surface area contributed by atoms with E-state index < -0.39 is 0 Å². The SMILES string of the molecule is CNC(Cc1ncnn1C(C)C)C1CCCO1. The number of rotatable bonds is 5. The second-order valence-electron chi connectivity index (χ2n) is 4.87. The van der Waals surface area contributed by atoms with Gasteiger partial charge in [0, 0.05) is 25.1 Å². The van der Waals surface area contributed by atoms with Gasteiger partial charge in [-0.3, -0.25) is 0 Å². The van der Waals surface area contributed by atoms with E-state index in [1.165, 1.54) is 6.42 Å². The molecule has 1 aliphatic rings. The number of nitrogens with one attached hydrogen (secondary N) is 1. The maximum atomic E-state index is 5.74. The molecule has 5 nitrogen and oxygen atoms in total. The van der Waals surface area contributed by atoms with Crippen LogP contribution in [-0.2, 0) is 11.2 Å². The van der Waals surface area contributed by atoms with Crippen LogP contribution in [0.1, 0.15) is 38.6 Å². The molecule has 1 aromatic heterocycles. The Hall–Kier alpha value is -0.940. The number of hydrogen-bond acceptors (Lipinski definition) is 4. The minimum absolute atomic E-state index is 0.317. The minimum Gasteiger partial charge on any atom is -0.377 e. The molecule has 0 aromatic carbocycles. The minimum atomic E-state index is 0.317. The van der Waals surface area contributed by atoms with Crippen molar-refractivity contribution in [3.63, 3.8) is 0 Å². The van der Waals surface area contributed by atoms with Crippen molar-refractivity contribution in [3.05, 3.63) is 12.2 Å². The Balaban J connectivity index is 2.04. The number of aromatic nitrogens is 3. The van der Waals surface area contributed by atoms with Crippen LogP contribution < -0.4 is 5.32 Å².